The molecule has 1 rings (SSSR count). The molecule has 0 aliphatic carbocycles. The zero-order chi connectivity index (χ0) is 13.1. The van der Waals surface area contributed by atoms with Gasteiger partial charge in [0, 0.05) is 5.69 Å². The molecule has 0 unspecified atom stereocenters. The molecule has 1 amide bonds. The standard InChI is InChI=1S/C13H17N3O/c1-9(2)10-6-5-7-11(15-10)12(17)16-13(3,4)8-14/h5-7,9H,1-4H3,(H,16,17). The second-order valence-electron chi connectivity index (χ2n) is 4.79. The van der Waals surface area contributed by atoms with Gasteiger partial charge in [0.2, 0.25) is 0 Å². The third-order valence-electron chi connectivity index (χ3n) is 2.30. The van der Waals surface area contributed by atoms with E-state index >= 15 is 0 Å². The van der Waals surface area contributed by atoms with Crippen molar-refractivity contribution in [1.29, 1.82) is 5.26 Å². The molecule has 0 aliphatic rings. The Morgan fingerprint density at radius 1 is 1.47 bits per heavy atom. The number of hydrogen-bond donors (Lipinski definition) is 1. The molecule has 90 valence electrons. The summed E-state index contributed by atoms with van der Waals surface area (Å²) < 4.78 is 0. The smallest absolute Gasteiger partial charge is 0.271 e. The topological polar surface area (TPSA) is 65.8 Å². The van der Waals surface area contributed by atoms with Crippen LogP contribution in [0.1, 0.15) is 49.8 Å². The minimum absolute atomic E-state index is 0.270. The SMILES string of the molecule is CC(C)c1cccc(C(=O)NC(C)(C)C#N)n1. The van der Waals surface area contributed by atoms with Gasteiger partial charge in [-0.05, 0) is 31.9 Å². The van der Waals surface area contributed by atoms with Crippen LogP contribution >= 0.6 is 0 Å². The van der Waals surface area contributed by atoms with Gasteiger partial charge in [0.1, 0.15) is 11.2 Å². The van der Waals surface area contributed by atoms with E-state index in [1.54, 1.807) is 26.0 Å². The molecule has 0 aliphatic heterocycles. The van der Waals surface area contributed by atoms with E-state index in [0.29, 0.717) is 5.69 Å². The Morgan fingerprint density at radius 2 is 2.12 bits per heavy atom. The van der Waals surface area contributed by atoms with Crippen LogP contribution in [0.2, 0.25) is 0 Å². The fourth-order valence-electron chi connectivity index (χ4n) is 1.28. The number of amides is 1. The van der Waals surface area contributed by atoms with Crippen molar-refractivity contribution in [3.8, 4) is 6.07 Å². The van der Waals surface area contributed by atoms with E-state index in [2.05, 4.69) is 10.3 Å². The first kappa shape index (κ1) is 13.2. The van der Waals surface area contributed by atoms with Crippen LogP contribution in [0.25, 0.3) is 0 Å². The number of rotatable bonds is 3. The third kappa shape index (κ3) is 3.56. The summed E-state index contributed by atoms with van der Waals surface area (Å²) in [5.41, 5.74) is 0.332. The van der Waals surface area contributed by atoms with Crippen molar-refractivity contribution < 1.29 is 4.79 Å². The predicted octanol–water partition coefficient (Wildman–Crippen LogP) is 2.24. The molecule has 4 heteroatoms. The highest BCUT2D eigenvalue weighted by molar-refractivity contribution is 5.93. The molecule has 0 saturated heterocycles. The molecule has 1 N–H and O–H groups in total. The molecule has 0 fully saturated rings. The van der Waals surface area contributed by atoms with Crippen molar-refractivity contribution in [3.05, 3.63) is 29.6 Å². The first-order valence-electron chi connectivity index (χ1n) is 5.56. The van der Waals surface area contributed by atoms with Crippen molar-refractivity contribution >= 4 is 5.91 Å². The van der Waals surface area contributed by atoms with E-state index in [1.807, 2.05) is 26.0 Å². The maximum Gasteiger partial charge on any atom is 0.271 e. The second-order valence-corrected chi connectivity index (χ2v) is 4.79. The summed E-state index contributed by atoms with van der Waals surface area (Å²) in [6, 6.07) is 7.36. The van der Waals surface area contributed by atoms with Crippen molar-refractivity contribution in [2.75, 3.05) is 0 Å². The summed E-state index contributed by atoms with van der Waals surface area (Å²) in [6.45, 7) is 7.33. The number of aromatic nitrogens is 1. The number of carbonyl (C=O) groups excluding carboxylic acids is 1. The normalized spacial score (nSPS) is 11.1. The Kier molecular flexibility index (Phi) is 3.84. The maximum atomic E-state index is 11.9. The van der Waals surface area contributed by atoms with Crippen molar-refractivity contribution in [2.24, 2.45) is 0 Å². The Hall–Kier alpha value is -1.89. The summed E-state index contributed by atoms with van der Waals surface area (Å²) in [6.07, 6.45) is 0. The molecule has 0 atom stereocenters. The molecule has 0 spiro atoms. The summed E-state index contributed by atoms with van der Waals surface area (Å²) in [7, 11) is 0. The van der Waals surface area contributed by atoms with Crippen LogP contribution in [0.4, 0.5) is 0 Å². The van der Waals surface area contributed by atoms with Crippen molar-refractivity contribution in [2.45, 2.75) is 39.2 Å². The average Bonchev–Trinajstić information content (AvgIpc) is 2.28. The maximum absolute atomic E-state index is 11.9. The largest absolute Gasteiger partial charge is 0.333 e. The lowest BCUT2D eigenvalue weighted by molar-refractivity contribution is 0.0924. The lowest BCUT2D eigenvalue weighted by atomic mass is 10.1. The fraction of sp³-hybridized carbons (Fsp3) is 0.462. The summed E-state index contributed by atoms with van der Waals surface area (Å²) >= 11 is 0. The Morgan fingerprint density at radius 3 is 2.65 bits per heavy atom. The van der Waals surface area contributed by atoms with Gasteiger partial charge in [-0.25, -0.2) is 4.98 Å². The van der Waals surface area contributed by atoms with Crippen molar-refractivity contribution in [3.63, 3.8) is 0 Å². The zero-order valence-corrected chi connectivity index (χ0v) is 10.6. The van der Waals surface area contributed by atoms with Gasteiger partial charge in [-0.2, -0.15) is 5.26 Å². The van der Waals surface area contributed by atoms with Crippen LogP contribution in [0.15, 0.2) is 18.2 Å². The second kappa shape index (κ2) is 4.96. The van der Waals surface area contributed by atoms with Crippen LogP contribution in [0.3, 0.4) is 0 Å². The third-order valence-corrected chi connectivity index (χ3v) is 2.30. The van der Waals surface area contributed by atoms with E-state index < -0.39 is 5.54 Å². The van der Waals surface area contributed by atoms with E-state index in [-0.39, 0.29) is 11.8 Å². The number of pyridine rings is 1. The molecule has 0 saturated carbocycles. The molecule has 0 radical (unpaired) electrons. The van der Waals surface area contributed by atoms with Gasteiger partial charge >= 0.3 is 0 Å². The monoisotopic (exact) mass is 231 g/mol. The van der Waals surface area contributed by atoms with E-state index in [9.17, 15) is 4.79 Å². The zero-order valence-electron chi connectivity index (χ0n) is 10.6. The molecule has 4 nitrogen and oxygen atoms in total. The Balaban J connectivity index is 2.91. The summed E-state index contributed by atoms with van der Waals surface area (Å²) in [5.74, 6) is -0.0502. The average molecular weight is 231 g/mol. The number of nitrogens with one attached hydrogen (secondary N) is 1. The van der Waals surface area contributed by atoms with Crippen LogP contribution in [0, 0.1) is 11.3 Å². The van der Waals surface area contributed by atoms with Gasteiger partial charge in [0.25, 0.3) is 5.91 Å². The Labute approximate surface area is 102 Å². The molecular weight excluding hydrogens is 214 g/mol. The van der Waals surface area contributed by atoms with Crippen LogP contribution in [0.5, 0.6) is 0 Å². The van der Waals surface area contributed by atoms with E-state index in [4.69, 9.17) is 5.26 Å². The summed E-state index contributed by atoms with van der Waals surface area (Å²) in [5, 5.41) is 11.5. The summed E-state index contributed by atoms with van der Waals surface area (Å²) in [4.78, 5) is 16.1. The minimum atomic E-state index is -0.882. The van der Waals surface area contributed by atoms with Gasteiger partial charge < -0.3 is 5.32 Å². The molecule has 0 bridgehead atoms. The highest BCUT2D eigenvalue weighted by Gasteiger charge is 2.21. The first-order valence-corrected chi connectivity index (χ1v) is 5.56. The Bertz CT molecular complexity index is 458. The molecular formula is C13H17N3O. The fourth-order valence-corrected chi connectivity index (χ4v) is 1.28. The van der Waals surface area contributed by atoms with Gasteiger partial charge in [0.05, 0.1) is 6.07 Å². The van der Waals surface area contributed by atoms with E-state index in [1.165, 1.54) is 0 Å². The van der Waals surface area contributed by atoms with Gasteiger partial charge in [-0.3, -0.25) is 4.79 Å². The molecule has 0 aromatic carbocycles. The van der Waals surface area contributed by atoms with Crippen LogP contribution < -0.4 is 5.32 Å². The quantitative estimate of drug-likeness (QED) is 0.867. The number of carbonyl (C=O) groups is 1. The molecule has 1 aromatic heterocycles. The highest BCUT2D eigenvalue weighted by atomic mass is 16.2. The predicted molar refractivity (Wildman–Crippen MR) is 65.5 cm³/mol. The lowest BCUT2D eigenvalue weighted by Gasteiger charge is -2.17. The van der Waals surface area contributed by atoms with Crippen LogP contribution in [-0.2, 0) is 0 Å². The number of nitriles is 1. The first-order chi connectivity index (χ1) is 7.85. The number of nitrogens with zero attached hydrogens (tertiary/aromatic N) is 2. The van der Waals surface area contributed by atoms with Gasteiger partial charge in [-0.15, -0.1) is 0 Å². The van der Waals surface area contributed by atoms with Gasteiger partial charge in [-0.1, -0.05) is 19.9 Å². The molecule has 1 aromatic rings. The molecule has 1 heterocycles. The van der Waals surface area contributed by atoms with E-state index in [0.717, 1.165) is 5.69 Å². The van der Waals surface area contributed by atoms with Gasteiger partial charge in [0.15, 0.2) is 0 Å². The van der Waals surface area contributed by atoms with Crippen molar-refractivity contribution in [1.82, 2.24) is 10.3 Å². The minimum Gasteiger partial charge on any atom is -0.333 e. The lowest BCUT2D eigenvalue weighted by Crippen LogP contribution is -2.42. The molecule has 17 heavy (non-hydrogen) atoms. The number of hydrogen-bond acceptors (Lipinski definition) is 3. The van der Waals surface area contributed by atoms with Crippen LogP contribution in [-0.4, -0.2) is 16.4 Å². The highest BCUT2D eigenvalue weighted by Crippen LogP contribution is 2.12.